The predicted octanol–water partition coefficient (Wildman–Crippen LogP) is 10.5. The number of nitrogen functional groups attached to an aromatic ring is 1. The number of anilines is 1. The van der Waals surface area contributed by atoms with Crippen LogP contribution in [0.15, 0.2) is 12.7 Å². The standard InChI is InChI=1S/C28H52N5O5PS.3C2H6/c1-5-7-8-9-10-11-12-13-14-15-16-17-18-19-20-36-28(33-22-32-25-26(29)30-21-31-27(25)33)37-24(6-2)23(3)38-39(34,40)35-4;3*1-2/h21-24,28H,5-20H2,1-4H3,(H,34,40)(H2,29,30,31);3*1-2H3/t23?,24?,28-,39?;;;/m0.../s1. The fraction of sp³-hybridized carbons (Fsp3) is 0.853. The molecule has 0 fully saturated rings. The average molecular weight is 692 g/mol. The molecule has 272 valence electrons. The number of nitrogens with two attached hydrogens (primary N) is 1. The molecule has 2 aromatic rings. The van der Waals surface area contributed by atoms with Gasteiger partial charge in [0.1, 0.15) is 18.2 Å². The molecular formula is C34H70N5O5PS. The Kier molecular flexibility index (Phi) is 31.7. The monoisotopic (exact) mass is 691 g/mol. The highest BCUT2D eigenvalue weighted by molar-refractivity contribution is 8.07. The molecule has 4 atom stereocenters. The third-order valence-electron chi connectivity index (χ3n) is 7.12. The number of fused-ring (bicyclic) bond motifs is 1. The molecule has 46 heavy (non-hydrogen) atoms. The number of nitrogens with zero attached hydrogens (tertiary/aromatic N) is 4. The molecule has 3 unspecified atom stereocenters. The summed E-state index contributed by atoms with van der Waals surface area (Å²) in [6.07, 6.45) is 20.0. The van der Waals surface area contributed by atoms with Crippen molar-refractivity contribution in [2.45, 2.75) is 177 Å². The largest absolute Gasteiger partial charge is 0.382 e. The average Bonchev–Trinajstić information content (AvgIpc) is 3.52. The zero-order valence-corrected chi connectivity index (χ0v) is 32.7. The van der Waals surface area contributed by atoms with Crippen LogP contribution in [0.3, 0.4) is 0 Å². The van der Waals surface area contributed by atoms with Gasteiger partial charge >= 0.3 is 6.72 Å². The molecule has 0 saturated heterocycles. The van der Waals surface area contributed by atoms with E-state index < -0.39 is 25.3 Å². The van der Waals surface area contributed by atoms with Gasteiger partial charge in [-0.1, -0.05) is 139 Å². The molecule has 0 aliphatic heterocycles. The van der Waals surface area contributed by atoms with E-state index in [1.54, 1.807) is 17.8 Å². The number of rotatable bonds is 24. The van der Waals surface area contributed by atoms with E-state index >= 15 is 0 Å². The molecule has 2 rings (SSSR count). The van der Waals surface area contributed by atoms with E-state index in [2.05, 4.69) is 21.9 Å². The van der Waals surface area contributed by atoms with Crippen molar-refractivity contribution in [2.75, 3.05) is 19.5 Å². The van der Waals surface area contributed by atoms with E-state index in [1.807, 2.05) is 48.5 Å². The van der Waals surface area contributed by atoms with Crippen LogP contribution >= 0.6 is 6.72 Å². The van der Waals surface area contributed by atoms with Crippen LogP contribution < -0.4 is 5.73 Å². The predicted molar refractivity (Wildman–Crippen MR) is 198 cm³/mol. The van der Waals surface area contributed by atoms with Crippen molar-refractivity contribution < 1.29 is 23.4 Å². The number of hydrogen-bond donors (Lipinski definition) is 2. The molecule has 0 saturated carbocycles. The Labute approximate surface area is 287 Å². The maximum absolute atomic E-state index is 10.1. The van der Waals surface area contributed by atoms with E-state index in [9.17, 15) is 4.89 Å². The zero-order valence-electron chi connectivity index (χ0n) is 31.0. The van der Waals surface area contributed by atoms with Crippen molar-refractivity contribution in [1.82, 2.24) is 19.5 Å². The maximum atomic E-state index is 10.1. The molecule has 3 N–H and O–H groups in total. The molecular weight excluding hydrogens is 621 g/mol. The minimum absolute atomic E-state index is 0.291. The van der Waals surface area contributed by atoms with E-state index in [1.165, 1.54) is 90.5 Å². The summed E-state index contributed by atoms with van der Waals surface area (Å²) in [5, 5.41) is 0. The molecule has 0 bridgehead atoms. The van der Waals surface area contributed by atoms with Crippen LogP contribution in [0.1, 0.15) is 165 Å². The summed E-state index contributed by atoms with van der Waals surface area (Å²) < 4.78 is 24.8. The lowest BCUT2D eigenvalue weighted by atomic mass is 10.0. The number of imidazole rings is 1. The molecule has 0 aromatic carbocycles. The fourth-order valence-electron chi connectivity index (χ4n) is 4.70. The molecule has 10 nitrogen and oxygen atoms in total. The number of aromatic nitrogens is 4. The summed E-state index contributed by atoms with van der Waals surface area (Å²) in [6.45, 7) is 15.2. The van der Waals surface area contributed by atoms with Crippen LogP contribution in [0.25, 0.3) is 11.2 Å². The van der Waals surface area contributed by atoms with Crippen molar-refractivity contribution in [1.29, 1.82) is 0 Å². The van der Waals surface area contributed by atoms with Crippen LogP contribution in [0.5, 0.6) is 0 Å². The lowest BCUT2D eigenvalue weighted by Gasteiger charge is -2.30. The molecule has 2 aromatic heterocycles. The smallest absolute Gasteiger partial charge is 0.324 e. The van der Waals surface area contributed by atoms with Gasteiger partial charge in [0.15, 0.2) is 11.5 Å². The highest BCUT2D eigenvalue weighted by Gasteiger charge is 2.29. The van der Waals surface area contributed by atoms with Gasteiger partial charge < -0.3 is 29.1 Å². The molecule has 12 heteroatoms. The first-order chi connectivity index (χ1) is 22.3. The van der Waals surface area contributed by atoms with E-state index in [0.717, 1.165) is 12.8 Å². The maximum Gasteiger partial charge on any atom is 0.324 e. The van der Waals surface area contributed by atoms with Crippen LogP contribution in [0, 0.1) is 0 Å². The van der Waals surface area contributed by atoms with Crippen molar-refractivity contribution >= 4 is 35.5 Å². The summed E-state index contributed by atoms with van der Waals surface area (Å²) in [5.41, 5.74) is 6.99. The minimum Gasteiger partial charge on any atom is -0.382 e. The fourth-order valence-corrected chi connectivity index (χ4v) is 5.75. The van der Waals surface area contributed by atoms with E-state index in [4.69, 9.17) is 36.1 Å². The Morgan fingerprint density at radius 1 is 0.826 bits per heavy atom. The first-order valence-corrected chi connectivity index (χ1v) is 20.7. The third-order valence-corrected chi connectivity index (χ3v) is 8.89. The Morgan fingerprint density at radius 3 is 1.80 bits per heavy atom. The molecule has 2 heterocycles. The lowest BCUT2D eigenvalue weighted by molar-refractivity contribution is -0.229. The van der Waals surface area contributed by atoms with Gasteiger partial charge in [0.25, 0.3) is 0 Å². The Hall–Kier alpha value is -1.20. The molecule has 0 radical (unpaired) electrons. The van der Waals surface area contributed by atoms with Crippen molar-refractivity contribution in [2.24, 2.45) is 0 Å². The Bertz CT molecular complexity index is 1000. The van der Waals surface area contributed by atoms with Crippen molar-refractivity contribution in [3.63, 3.8) is 0 Å². The number of unbranched alkanes of at least 4 members (excludes halogenated alkanes) is 13. The normalized spacial score (nSPS) is 14.1. The van der Waals surface area contributed by atoms with Gasteiger partial charge in [-0.15, -0.1) is 0 Å². The van der Waals surface area contributed by atoms with Crippen LogP contribution in [-0.4, -0.2) is 50.3 Å². The topological polar surface area (TPSA) is 127 Å². The van der Waals surface area contributed by atoms with Gasteiger partial charge in [-0.3, -0.25) is 4.57 Å². The summed E-state index contributed by atoms with van der Waals surface area (Å²) in [4.78, 5) is 22.9. The minimum atomic E-state index is -3.34. The van der Waals surface area contributed by atoms with Gasteiger partial charge in [0, 0.05) is 7.11 Å². The summed E-state index contributed by atoms with van der Waals surface area (Å²) in [5.74, 6) is 0.291. The SMILES string of the molecule is CC.CC.CC.CCCCCCCCCCCCCCCCO[C@@H](OC(CC)C(C)OP(O)(=S)OC)n1cnc2c(N)ncnc21. The number of hydrogen-bond acceptors (Lipinski definition) is 9. The summed E-state index contributed by atoms with van der Waals surface area (Å²) in [6, 6.07) is 0. The second-order valence-electron chi connectivity index (χ2n) is 10.4. The Morgan fingerprint density at radius 2 is 1.33 bits per heavy atom. The highest BCUT2D eigenvalue weighted by Crippen LogP contribution is 2.45. The van der Waals surface area contributed by atoms with E-state index in [0.29, 0.717) is 30.0 Å². The summed E-state index contributed by atoms with van der Waals surface area (Å²) in [7, 11) is 1.33. The second-order valence-corrected chi connectivity index (χ2v) is 13.3. The van der Waals surface area contributed by atoms with Crippen molar-refractivity contribution in [3.8, 4) is 0 Å². The van der Waals surface area contributed by atoms with Gasteiger partial charge in [-0.05, 0) is 31.6 Å². The lowest BCUT2D eigenvalue weighted by Crippen LogP contribution is -2.32. The van der Waals surface area contributed by atoms with Crippen LogP contribution in [0.2, 0.25) is 0 Å². The van der Waals surface area contributed by atoms with Crippen LogP contribution in [-0.2, 0) is 30.3 Å². The Balaban J connectivity index is 0. The zero-order chi connectivity index (χ0) is 35.2. The first kappa shape index (κ1) is 46.9. The van der Waals surface area contributed by atoms with Gasteiger partial charge in [-0.2, -0.15) is 0 Å². The quantitative estimate of drug-likeness (QED) is 0.0623. The van der Waals surface area contributed by atoms with Gasteiger partial charge in [-0.25, -0.2) is 15.0 Å². The molecule has 0 aliphatic carbocycles. The highest BCUT2D eigenvalue weighted by atomic mass is 32.5. The molecule has 0 amide bonds. The molecule has 0 spiro atoms. The summed E-state index contributed by atoms with van der Waals surface area (Å²) >= 11 is 5.02. The van der Waals surface area contributed by atoms with Gasteiger partial charge in [0.2, 0.25) is 6.41 Å². The van der Waals surface area contributed by atoms with Gasteiger partial charge in [0.05, 0.1) is 18.8 Å². The second kappa shape index (κ2) is 31.1. The molecule has 0 aliphatic rings. The first-order valence-electron chi connectivity index (χ1n) is 18.1. The van der Waals surface area contributed by atoms with Crippen molar-refractivity contribution in [3.05, 3.63) is 12.7 Å². The van der Waals surface area contributed by atoms with Crippen LogP contribution in [0.4, 0.5) is 5.82 Å². The third kappa shape index (κ3) is 20.2. The van der Waals surface area contributed by atoms with E-state index in [-0.39, 0.29) is 0 Å². The number of ether oxygens (including phenoxy) is 2.